The summed E-state index contributed by atoms with van der Waals surface area (Å²) in [5.74, 6) is 0.473. The van der Waals surface area contributed by atoms with Crippen LogP contribution in [0.1, 0.15) is 32.6 Å². The molecule has 1 aromatic carbocycles. The maximum absolute atomic E-state index is 12.3. The van der Waals surface area contributed by atoms with E-state index in [0.717, 1.165) is 30.6 Å². The number of halogens is 1. The summed E-state index contributed by atoms with van der Waals surface area (Å²) >= 11 is 7.61. The zero-order chi connectivity index (χ0) is 15.2. The molecule has 21 heavy (non-hydrogen) atoms. The third-order valence-electron chi connectivity index (χ3n) is 3.96. The summed E-state index contributed by atoms with van der Waals surface area (Å²) in [4.78, 5) is 13.2. The molecule has 1 aromatic rings. The third kappa shape index (κ3) is 4.90. The molecule has 2 N–H and O–H groups in total. The molecule has 1 saturated carbocycles. The topological polar surface area (TPSA) is 49.3 Å². The van der Waals surface area contributed by atoms with E-state index in [0.29, 0.717) is 10.9 Å². The predicted molar refractivity (Wildman–Crippen MR) is 87.7 cm³/mol. The summed E-state index contributed by atoms with van der Waals surface area (Å²) in [6.07, 6.45) is 3.90. The first-order valence-electron chi connectivity index (χ1n) is 7.42. The van der Waals surface area contributed by atoms with Gasteiger partial charge in [-0.05, 0) is 50.7 Å². The molecule has 1 unspecified atom stereocenters. The fourth-order valence-electron chi connectivity index (χ4n) is 2.59. The number of aliphatic hydroxyl groups excluding tert-OH is 1. The lowest BCUT2D eigenvalue weighted by molar-refractivity contribution is -0.121. The molecule has 0 aliphatic heterocycles. The summed E-state index contributed by atoms with van der Waals surface area (Å²) in [5, 5.41) is 12.8. The van der Waals surface area contributed by atoms with Crippen molar-refractivity contribution >= 4 is 29.3 Å². The Balaban J connectivity index is 1.82. The molecule has 0 bridgehead atoms. The number of nitrogens with one attached hydrogen (secondary N) is 1. The van der Waals surface area contributed by atoms with Gasteiger partial charge < -0.3 is 10.4 Å². The van der Waals surface area contributed by atoms with Gasteiger partial charge in [0.2, 0.25) is 5.91 Å². The highest BCUT2D eigenvalue weighted by molar-refractivity contribution is 8.00. The zero-order valence-electron chi connectivity index (χ0n) is 12.2. The zero-order valence-corrected chi connectivity index (χ0v) is 13.8. The number of carbonyl (C=O) groups excluding carboxylic acids is 1. The first kappa shape index (κ1) is 16.7. The SMILES string of the molecule is CC(Sc1ccccc1Cl)C(=O)NC1CCC(CO)CC1. The van der Waals surface area contributed by atoms with E-state index in [-0.39, 0.29) is 23.8 Å². The Bertz CT molecular complexity index is 475. The van der Waals surface area contributed by atoms with E-state index in [1.165, 1.54) is 11.8 Å². The molecule has 0 heterocycles. The molecule has 0 saturated heterocycles. The Labute approximate surface area is 135 Å². The molecular formula is C16H22ClNO2S. The Morgan fingerprint density at radius 2 is 2.05 bits per heavy atom. The minimum absolute atomic E-state index is 0.0624. The van der Waals surface area contributed by atoms with E-state index in [2.05, 4.69) is 5.32 Å². The second-order valence-corrected chi connectivity index (χ2v) is 7.39. The van der Waals surface area contributed by atoms with Crippen LogP contribution in [0, 0.1) is 5.92 Å². The van der Waals surface area contributed by atoms with E-state index in [9.17, 15) is 4.79 Å². The van der Waals surface area contributed by atoms with Crippen molar-refractivity contribution < 1.29 is 9.90 Å². The van der Waals surface area contributed by atoms with Gasteiger partial charge in [0.25, 0.3) is 0 Å². The quantitative estimate of drug-likeness (QED) is 0.814. The van der Waals surface area contributed by atoms with Crippen LogP contribution in [0.5, 0.6) is 0 Å². The maximum atomic E-state index is 12.3. The Hall–Kier alpha value is -0.710. The highest BCUT2D eigenvalue weighted by atomic mass is 35.5. The van der Waals surface area contributed by atoms with Gasteiger partial charge in [0.1, 0.15) is 0 Å². The van der Waals surface area contributed by atoms with Gasteiger partial charge in [-0.2, -0.15) is 0 Å². The second kappa shape index (κ2) is 8.06. The molecule has 0 aromatic heterocycles. The van der Waals surface area contributed by atoms with Gasteiger partial charge >= 0.3 is 0 Å². The van der Waals surface area contributed by atoms with Crippen LogP contribution in [-0.4, -0.2) is 28.9 Å². The maximum Gasteiger partial charge on any atom is 0.233 e. The average molecular weight is 328 g/mol. The van der Waals surface area contributed by atoms with Crippen LogP contribution in [0.25, 0.3) is 0 Å². The largest absolute Gasteiger partial charge is 0.396 e. The van der Waals surface area contributed by atoms with Gasteiger partial charge in [-0.15, -0.1) is 11.8 Å². The normalized spacial score (nSPS) is 23.6. The Morgan fingerprint density at radius 3 is 2.67 bits per heavy atom. The average Bonchev–Trinajstić information content (AvgIpc) is 2.50. The minimum Gasteiger partial charge on any atom is -0.396 e. The van der Waals surface area contributed by atoms with Crippen LogP contribution >= 0.6 is 23.4 Å². The number of hydrogen-bond acceptors (Lipinski definition) is 3. The molecule has 116 valence electrons. The van der Waals surface area contributed by atoms with Crippen LogP contribution in [0.3, 0.4) is 0 Å². The van der Waals surface area contributed by atoms with Crippen molar-refractivity contribution in [3.05, 3.63) is 29.3 Å². The van der Waals surface area contributed by atoms with Gasteiger partial charge in [-0.25, -0.2) is 0 Å². The molecule has 0 spiro atoms. The molecule has 1 amide bonds. The lowest BCUT2D eigenvalue weighted by atomic mass is 9.86. The minimum atomic E-state index is -0.166. The van der Waals surface area contributed by atoms with Crippen LogP contribution in [0.15, 0.2) is 29.2 Å². The second-order valence-electron chi connectivity index (χ2n) is 5.60. The van der Waals surface area contributed by atoms with Gasteiger partial charge in [-0.1, -0.05) is 23.7 Å². The molecule has 3 nitrogen and oxygen atoms in total. The summed E-state index contributed by atoms with van der Waals surface area (Å²) in [6.45, 7) is 2.17. The van der Waals surface area contributed by atoms with Crippen molar-refractivity contribution in [1.29, 1.82) is 0 Å². The van der Waals surface area contributed by atoms with E-state index in [1.807, 2.05) is 31.2 Å². The van der Waals surface area contributed by atoms with Gasteiger partial charge in [-0.3, -0.25) is 4.79 Å². The fourth-order valence-corrected chi connectivity index (χ4v) is 3.76. The fraction of sp³-hybridized carbons (Fsp3) is 0.562. The highest BCUT2D eigenvalue weighted by Gasteiger charge is 2.24. The van der Waals surface area contributed by atoms with E-state index < -0.39 is 0 Å². The van der Waals surface area contributed by atoms with Gasteiger partial charge in [0.05, 0.1) is 10.3 Å². The molecule has 2 rings (SSSR count). The molecule has 5 heteroatoms. The van der Waals surface area contributed by atoms with Crippen molar-refractivity contribution in [2.45, 2.75) is 48.8 Å². The number of carbonyl (C=O) groups is 1. The van der Waals surface area contributed by atoms with Crippen molar-refractivity contribution in [3.8, 4) is 0 Å². The Kier molecular flexibility index (Phi) is 6.40. The van der Waals surface area contributed by atoms with E-state index in [1.54, 1.807) is 0 Å². The van der Waals surface area contributed by atoms with Crippen LogP contribution in [0.4, 0.5) is 0 Å². The Morgan fingerprint density at radius 1 is 1.38 bits per heavy atom. The lowest BCUT2D eigenvalue weighted by Gasteiger charge is -2.28. The predicted octanol–water partition coefficient (Wildman–Crippen LogP) is 3.49. The van der Waals surface area contributed by atoms with Crippen LogP contribution in [0.2, 0.25) is 5.02 Å². The van der Waals surface area contributed by atoms with Crippen molar-refractivity contribution in [2.24, 2.45) is 5.92 Å². The molecule has 1 aliphatic carbocycles. The third-order valence-corrected chi connectivity index (χ3v) is 5.58. The molecule has 1 aliphatic rings. The van der Waals surface area contributed by atoms with Crippen LogP contribution < -0.4 is 5.32 Å². The standard InChI is InChI=1S/C16H22ClNO2S/c1-11(21-15-5-3-2-4-14(15)17)16(20)18-13-8-6-12(10-19)7-9-13/h2-5,11-13,19H,6-10H2,1H3,(H,18,20). The number of thioether (sulfide) groups is 1. The molecule has 1 fully saturated rings. The van der Waals surface area contributed by atoms with Crippen molar-refractivity contribution in [1.82, 2.24) is 5.32 Å². The molecular weight excluding hydrogens is 306 g/mol. The summed E-state index contributed by atoms with van der Waals surface area (Å²) < 4.78 is 0. The first-order valence-corrected chi connectivity index (χ1v) is 8.68. The smallest absolute Gasteiger partial charge is 0.233 e. The number of amides is 1. The molecule has 1 atom stereocenters. The number of benzene rings is 1. The lowest BCUT2D eigenvalue weighted by Crippen LogP contribution is -2.41. The van der Waals surface area contributed by atoms with E-state index >= 15 is 0 Å². The molecule has 0 radical (unpaired) electrons. The summed E-state index contributed by atoms with van der Waals surface area (Å²) in [7, 11) is 0. The number of aliphatic hydroxyl groups is 1. The number of hydrogen-bond donors (Lipinski definition) is 2. The van der Waals surface area contributed by atoms with Crippen LogP contribution in [-0.2, 0) is 4.79 Å². The highest BCUT2D eigenvalue weighted by Crippen LogP contribution is 2.30. The summed E-state index contributed by atoms with van der Waals surface area (Å²) in [5.41, 5.74) is 0. The van der Waals surface area contributed by atoms with E-state index in [4.69, 9.17) is 16.7 Å². The van der Waals surface area contributed by atoms with Gasteiger partial charge in [0, 0.05) is 17.5 Å². The number of rotatable bonds is 5. The van der Waals surface area contributed by atoms with Crippen molar-refractivity contribution in [2.75, 3.05) is 6.61 Å². The monoisotopic (exact) mass is 327 g/mol. The van der Waals surface area contributed by atoms with Crippen molar-refractivity contribution in [3.63, 3.8) is 0 Å². The van der Waals surface area contributed by atoms with Gasteiger partial charge in [0.15, 0.2) is 0 Å². The summed E-state index contributed by atoms with van der Waals surface area (Å²) in [6, 6.07) is 7.83. The first-order chi connectivity index (χ1) is 10.1.